The zero-order valence-corrected chi connectivity index (χ0v) is 21.4. The lowest BCUT2D eigenvalue weighted by atomic mass is 9.96. The number of rotatable bonds is 7. The highest BCUT2D eigenvalue weighted by atomic mass is 32.2. The van der Waals surface area contributed by atoms with Crippen LogP contribution in [0.15, 0.2) is 51.9 Å². The molecule has 0 aliphatic heterocycles. The molecule has 1 aliphatic rings. The fraction of sp³-hybridized carbons (Fsp3) is 0.423. The highest BCUT2D eigenvalue weighted by Crippen LogP contribution is 2.31. The predicted molar refractivity (Wildman–Crippen MR) is 135 cm³/mol. The molecule has 1 amide bonds. The Morgan fingerprint density at radius 2 is 1.83 bits per heavy atom. The van der Waals surface area contributed by atoms with Crippen LogP contribution in [-0.2, 0) is 10.0 Å². The molecule has 1 heterocycles. The zero-order valence-electron chi connectivity index (χ0n) is 20.6. The Bertz CT molecular complexity index is 1310. The maximum atomic E-state index is 13.3. The maximum absolute atomic E-state index is 13.3. The minimum Gasteiger partial charge on any atom is -0.334 e. The first kappa shape index (κ1) is 25.1. The fourth-order valence-corrected chi connectivity index (χ4v) is 5.84. The van der Waals surface area contributed by atoms with Gasteiger partial charge in [-0.05, 0) is 49.6 Å². The molecule has 1 aliphatic carbocycles. The number of carbonyl (C=O) groups excluding carboxylic acids is 1. The number of nitrogens with one attached hydrogen (secondary N) is 1. The number of carbonyl (C=O) groups is 1. The molecule has 1 fully saturated rings. The van der Waals surface area contributed by atoms with Crippen LogP contribution in [-0.4, -0.2) is 41.9 Å². The molecule has 8 nitrogen and oxygen atoms in total. The van der Waals surface area contributed by atoms with E-state index in [1.165, 1.54) is 16.4 Å². The Balaban J connectivity index is 1.60. The van der Waals surface area contributed by atoms with Gasteiger partial charge >= 0.3 is 0 Å². The lowest BCUT2D eigenvalue weighted by Gasteiger charge is -2.30. The molecule has 186 valence electrons. The average Bonchev–Trinajstić information content (AvgIpc) is 3.36. The first-order valence-corrected chi connectivity index (χ1v) is 13.5. The Labute approximate surface area is 206 Å². The summed E-state index contributed by atoms with van der Waals surface area (Å²) in [6.07, 6.45) is 4.93. The number of aryl methyl sites for hydroxylation is 1. The van der Waals surface area contributed by atoms with Crippen molar-refractivity contribution < 1.29 is 17.7 Å². The van der Waals surface area contributed by atoms with Gasteiger partial charge in [0.25, 0.3) is 11.8 Å². The van der Waals surface area contributed by atoms with Crippen LogP contribution < -0.4 is 5.32 Å². The van der Waals surface area contributed by atoms with E-state index in [0.29, 0.717) is 23.0 Å². The van der Waals surface area contributed by atoms with Gasteiger partial charge in [-0.25, -0.2) is 8.42 Å². The summed E-state index contributed by atoms with van der Waals surface area (Å²) in [5.41, 5.74) is 2.23. The normalized spacial score (nSPS) is 15.0. The number of hydrogen-bond donors (Lipinski definition) is 1. The number of anilines is 1. The fourth-order valence-electron chi connectivity index (χ4n) is 4.38. The molecule has 3 aromatic rings. The van der Waals surface area contributed by atoms with Crippen molar-refractivity contribution in [2.45, 2.75) is 69.7 Å². The standard InChI is InChI=1S/C26H32N4O4S/c1-17(2)24-28-26(34-29-24)22-15-8-10-18(3)23(22)27-25(31)19-11-9-14-21(16-19)35(32,33)30(4)20-12-6-5-7-13-20/h8-11,14-17,20H,5-7,12-13H2,1-4H3,(H,27,31). The number of hydrogen-bond acceptors (Lipinski definition) is 6. The Morgan fingerprint density at radius 3 is 2.51 bits per heavy atom. The molecule has 0 unspecified atom stereocenters. The van der Waals surface area contributed by atoms with Crippen LogP contribution in [0.1, 0.15) is 73.6 Å². The monoisotopic (exact) mass is 496 g/mol. The van der Waals surface area contributed by atoms with Gasteiger partial charge in [-0.1, -0.05) is 56.5 Å². The number of aromatic nitrogens is 2. The number of amides is 1. The molecule has 0 bridgehead atoms. The lowest BCUT2D eigenvalue weighted by molar-refractivity contribution is 0.102. The first-order valence-electron chi connectivity index (χ1n) is 12.0. The second kappa shape index (κ2) is 10.3. The molecule has 0 atom stereocenters. The van der Waals surface area contributed by atoms with Crippen molar-refractivity contribution >= 4 is 21.6 Å². The van der Waals surface area contributed by atoms with E-state index in [9.17, 15) is 13.2 Å². The van der Waals surface area contributed by atoms with E-state index in [1.54, 1.807) is 25.2 Å². The van der Waals surface area contributed by atoms with Crippen LogP contribution >= 0.6 is 0 Å². The summed E-state index contributed by atoms with van der Waals surface area (Å²) in [6, 6.07) is 11.7. The average molecular weight is 497 g/mol. The molecule has 0 spiro atoms. The minimum atomic E-state index is -3.71. The van der Waals surface area contributed by atoms with Crippen LogP contribution in [0.2, 0.25) is 0 Å². The van der Waals surface area contributed by atoms with Crippen LogP contribution in [0.5, 0.6) is 0 Å². The van der Waals surface area contributed by atoms with Gasteiger partial charge in [0.2, 0.25) is 10.0 Å². The van der Waals surface area contributed by atoms with E-state index in [-0.39, 0.29) is 22.4 Å². The van der Waals surface area contributed by atoms with Gasteiger partial charge in [0.05, 0.1) is 16.1 Å². The smallest absolute Gasteiger partial charge is 0.260 e. The van der Waals surface area contributed by atoms with Gasteiger partial charge in [0.15, 0.2) is 5.82 Å². The zero-order chi connectivity index (χ0) is 25.2. The van der Waals surface area contributed by atoms with Gasteiger partial charge in [0, 0.05) is 24.6 Å². The summed E-state index contributed by atoms with van der Waals surface area (Å²) in [4.78, 5) is 17.8. The van der Waals surface area contributed by atoms with Gasteiger partial charge < -0.3 is 9.84 Å². The van der Waals surface area contributed by atoms with E-state index >= 15 is 0 Å². The van der Waals surface area contributed by atoms with E-state index in [1.807, 2.05) is 32.9 Å². The third-order valence-electron chi connectivity index (χ3n) is 6.56. The summed E-state index contributed by atoms with van der Waals surface area (Å²) in [5.74, 6) is 0.588. The number of sulfonamides is 1. The molecular weight excluding hydrogens is 464 g/mol. The van der Waals surface area contributed by atoms with Crippen molar-refractivity contribution in [2.75, 3.05) is 12.4 Å². The SMILES string of the molecule is Cc1cccc(-c2nc(C(C)C)no2)c1NC(=O)c1cccc(S(=O)(=O)N(C)C2CCCCC2)c1. The topological polar surface area (TPSA) is 105 Å². The van der Waals surface area contributed by atoms with Crippen LogP contribution in [0.4, 0.5) is 5.69 Å². The first-order chi connectivity index (χ1) is 16.7. The van der Waals surface area contributed by atoms with Crippen LogP contribution in [0.3, 0.4) is 0 Å². The van der Waals surface area contributed by atoms with E-state index < -0.39 is 15.9 Å². The van der Waals surface area contributed by atoms with E-state index in [0.717, 1.165) is 37.7 Å². The van der Waals surface area contributed by atoms with Gasteiger partial charge in [0.1, 0.15) is 0 Å². The molecular formula is C26H32N4O4S. The van der Waals surface area contributed by atoms with Gasteiger partial charge in [-0.3, -0.25) is 4.79 Å². The summed E-state index contributed by atoms with van der Waals surface area (Å²) < 4.78 is 33.5. The molecule has 9 heteroatoms. The van der Waals surface area contributed by atoms with Crippen molar-refractivity contribution in [2.24, 2.45) is 0 Å². The highest BCUT2D eigenvalue weighted by molar-refractivity contribution is 7.89. The van der Waals surface area contributed by atoms with Crippen molar-refractivity contribution in [3.05, 3.63) is 59.4 Å². The Kier molecular flexibility index (Phi) is 7.37. The number of nitrogens with zero attached hydrogens (tertiary/aromatic N) is 3. The van der Waals surface area contributed by atoms with Crippen LogP contribution in [0.25, 0.3) is 11.5 Å². The quantitative estimate of drug-likeness (QED) is 0.471. The number of benzene rings is 2. The van der Waals surface area contributed by atoms with Crippen molar-refractivity contribution in [1.29, 1.82) is 0 Å². The molecule has 1 aromatic heterocycles. The Hall–Kier alpha value is -3.04. The molecule has 4 rings (SSSR count). The summed E-state index contributed by atoms with van der Waals surface area (Å²) in [6.45, 7) is 5.82. The van der Waals surface area contributed by atoms with Crippen molar-refractivity contribution in [1.82, 2.24) is 14.4 Å². The summed E-state index contributed by atoms with van der Waals surface area (Å²) in [5, 5.41) is 6.95. The van der Waals surface area contributed by atoms with Crippen molar-refractivity contribution in [3.63, 3.8) is 0 Å². The second-order valence-corrected chi connectivity index (χ2v) is 11.4. The molecule has 1 saturated carbocycles. The third kappa shape index (κ3) is 5.31. The van der Waals surface area contributed by atoms with Gasteiger partial charge in [-0.15, -0.1) is 0 Å². The Morgan fingerprint density at radius 1 is 1.11 bits per heavy atom. The molecule has 1 N–H and O–H groups in total. The van der Waals surface area contributed by atoms with Crippen LogP contribution in [0, 0.1) is 6.92 Å². The molecule has 2 aromatic carbocycles. The number of para-hydroxylation sites is 1. The molecule has 35 heavy (non-hydrogen) atoms. The van der Waals surface area contributed by atoms with Gasteiger partial charge in [-0.2, -0.15) is 9.29 Å². The predicted octanol–water partition coefficient (Wildman–Crippen LogP) is 5.37. The van der Waals surface area contributed by atoms with Crippen molar-refractivity contribution in [3.8, 4) is 11.5 Å². The third-order valence-corrected chi connectivity index (χ3v) is 8.47. The maximum Gasteiger partial charge on any atom is 0.260 e. The molecule has 0 saturated heterocycles. The van der Waals surface area contributed by atoms with E-state index in [2.05, 4.69) is 15.5 Å². The summed E-state index contributed by atoms with van der Waals surface area (Å²) in [7, 11) is -2.08. The largest absolute Gasteiger partial charge is 0.334 e. The lowest BCUT2D eigenvalue weighted by Crippen LogP contribution is -2.38. The second-order valence-electron chi connectivity index (χ2n) is 9.40. The summed E-state index contributed by atoms with van der Waals surface area (Å²) >= 11 is 0. The highest BCUT2D eigenvalue weighted by Gasteiger charge is 2.29. The molecule has 0 radical (unpaired) electrons. The van der Waals surface area contributed by atoms with E-state index in [4.69, 9.17) is 4.52 Å². The minimum absolute atomic E-state index is 0.00843.